The molecule has 0 amide bonds. The van der Waals surface area contributed by atoms with Crippen LogP contribution in [0.3, 0.4) is 0 Å². The smallest absolute Gasteiger partial charge is 0.0534 e. The number of likely N-dealkylation sites (N-methyl/N-ethyl adjacent to an activating group) is 1. The first-order valence-electron chi connectivity index (χ1n) is 7.10. The van der Waals surface area contributed by atoms with Crippen LogP contribution >= 0.6 is 0 Å². The third-order valence-corrected chi connectivity index (χ3v) is 4.46. The zero-order valence-corrected chi connectivity index (χ0v) is 12.6. The highest BCUT2D eigenvalue weighted by atomic mass is 15.3. The summed E-state index contributed by atoms with van der Waals surface area (Å²) in [6, 6.07) is 0.597. The lowest BCUT2D eigenvalue weighted by atomic mass is 9.96. The van der Waals surface area contributed by atoms with Gasteiger partial charge in [0, 0.05) is 56.6 Å². The maximum atomic E-state index is 6.10. The highest BCUT2D eigenvalue weighted by molar-refractivity contribution is 5.07. The molecule has 5 heteroatoms. The quantitative estimate of drug-likeness (QED) is 0.850. The van der Waals surface area contributed by atoms with E-state index in [4.69, 9.17) is 5.73 Å². The van der Waals surface area contributed by atoms with Crippen molar-refractivity contribution in [2.75, 3.05) is 26.7 Å². The first-order valence-corrected chi connectivity index (χ1v) is 7.10. The molecule has 1 aromatic heterocycles. The number of hydrogen-bond donors (Lipinski definition) is 1. The third-order valence-electron chi connectivity index (χ3n) is 4.46. The Labute approximate surface area is 116 Å². The molecule has 2 rings (SSSR count). The largest absolute Gasteiger partial charge is 0.329 e. The van der Waals surface area contributed by atoms with Gasteiger partial charge in [0.1, 0.15) is 0 Å². The Morgan fingerprint density at radius 2 is 2.26 bits per heavy atom. The van der Waals surface area contributed by atoms with Gasteiger partial charge in [-0.05, 0) is 27.3 Å². The van der Waals surface area contributed by atoms with Gasteiger partial charge >= 0.3 is 0 Å². The predicted molar refractivity (Wildman–Crippen MR) is 77.8 cm³/mol. The molecule has 2 heterocycles. The van der Waals surface area contributed by atoms with Gasteiger partial charge in [-0.15, -0.1) is 0 Å². The van der Waals surface area contributed by atoms with E-state index in [2.05, 4.69) is 42.0 Å². The Morgan fingerprint density at radius 3 is 2.74 bits per heavy atom. The minimum atomic E-state index is 0.111. The molecule has 1 fully saturated rings. The van der Waals surface area contributed by atoms with Crippen LogP contribution in [0.1, 0.15) is 25.8 Å². The molecular formula is C14H27N5. The maximum absolute atomic E-state index is 6.10. The van der Waals surface area contributed by atoms with E-state index in [1.165, 1.54) is 5.56 Å². The number of aromatic nitrogens is 2. The molecule has 1 saturated heterocycles. The summed E-state index contributed by atoms with van der Waals surface area (Å²) in [5, 5.41) is 4.24. The highest BCUT2D eigenvalue weighted by Crippen LogP contribution is 2.28. The summed E-state index contributed by atoms with van der Waals surface area (Å²) in [4.78, 5) is 4.93. The standard InChI is InChI=1S/C14H27N5/c1-12(2)19-6-5-14(10-15,11-19)17(3)8-13-7-16-18(4)9-13/h7,9,12H,5-6,8,10-11,15H2,1-4H3. The van der Waals surface area contributed by atoms with E-state index in [1.54, 1.807) is 0 Å². The van der Waals surface area contributed by atoms with E-state index in [1.807, 2.05) is 17.9 Å². The molecule has 1 atom stereocenters. The highest BCUT2D eigenvalue weighted by Gasteiger charge is 2.40. The van der Waals surface area contributed by atoms with Crippen molar-refractivity contribution in [3.05, 3.63) is 18.0 Å². The molecule has 0 spiro atoms. The van der Waals surface area contributed by atoms with Crippen molar-refractivity contribution in [2.24, 2.45) is 12.8 Å². The predicted octanol–water partition coefficient (Wildman–Crippen LogP) is 0.664. The fourth-order valence-corrected chi connectivity index (χ4v) is 2.96. The number of rotatable bonds is 5. The first kappa shape index (κ1) is 14.5. The topological polar surface area (TPSA) is 50.3 Å². The second kappa shape index (κ2) is 5.61. The molecule has 0 aromatic carbocycles. The Balaban J connectivity index is 2.05. The summed E-state index contributed by atoms with van der Waals surface area (Å²) < 4.78 is 1.85. The van der Waals surface area contributed by atoms with Gasteiger partial charge < -0.3 is 5.73 Å². The fourth-order valence-electron chi connectivity index (χ4n) is 2.96. The van der Waals surface area contributed by atoms with E-state index < -0.39 is 0 Å². The Hall–Kier alpha value is -0.910. The molecule has 0 saturated carbocycles. The summed E-state index contributed by atoms with van der Waals surface area (Å²) in [7, 11) is 4.14. The van der Waals surface area contributed by atoms with Crippen molar-refractivity contribution in [2.45, 2.75) is 38.4 Å². The number of nitrogens with zero attached hydrogens (tertiary/aromatic N) is 4. The number of hydrogen-bond acceptors (Lipinski definition) is 4. The molecule has 5 nitrogen and oxygen atoms in total. The lowest BCUT2D eigenvalue weighted by Gasteiger charge is -2.38. The third kappa shape index (κ3) is 2.99. The van der Waals surface area contributed by atoms with Crippen molar-refractivity contribution >= 4 is 0 Å². The molecule has 1 aromatic rings. The van der Waals surface area contributed by atoms with Crippen LogP contribution in [-0.2, 0) is 13.6 Å². The van der Waals surface area contributed by atoms with Crippen LogP contribution in [0.5, 0.6) is 0 Å². The average molecular weight is 265 g/mol. The zero-order valence-electron chi connectivity index (χ0n) is 12.6. The van der Waals surface area contributed by atoms with Gasteiger partial charge in [-0.2, -0.15) is 5.10 Å². The Kier molecular flexibility index (Phi) is 4.28. The van der Waals surface area contributed by atoms with Gasteiger partial charge in [0.25, 0.3) is 0 Å². The number of nitrogens with two attached hydrogens (primary N) is 1. The summed E-state index contributed by atoms with van der Waals surface area (Å²) in [5.74, 6) is 0. The average Bonchev–Trinajstić information content (AvgIpc) is 2.96. The second-order valence-electron chi connectivity index (χ2n) is 6.12. The Morgan fingerprint density at radius 1 is 1.53 bits per heavy atom. The zero-order chi connectivity index (χ0) is 14.0. The van der Waals surface area contributed by atoms with Crippen LogP contribution in [0, 0.1) is 0 Å². The van der Waals surface area contributed by atoms with Gasteiger partial charge in [0.05, 0.1) is 6.20 Å². The first-order chi connectivity index (χ1) is 8.97. The van der Waals surface area contributed by atoms with Gasteiger partial charge in [-0.3, -0.25) is 14.5 Å². The van der Waals surface area contributed by atoms with Gasteiger partial charge in [-0.25, -0.2) is 0 Å². The summed E-state index contributed by atoms with van der Waals surface area (Å²) >= 11 is 0. The summed E-state index contributed by atoms with van der Waals surface area (Å²) in [6.45, 7) is 8.36. The van der Waals surface area contributed by atoms with E-state index in [0.717, 1.165) is 26.1 Å². The molecule has 0 radical (unpaired) electrons. The van der Waals surface area contributed by atoms with Crippen LogP contribution in [0.4, 0.5) is 0 Å². The van der Waals surface area contributed by atoms with Gasteiger partial charge in [-0.1, -0.05) is 0 Å². The molecule has 2 N–H and O–H groups in total. The van der Waals surface area contributed by atoms with Crippen LogP contribution in [0.2, 0.25) is 0 Å². The lowest BCUT2D eigenvalue weighted by molar-refractivity contribution is 0.116. The monoisotopic (exact) mass is 265 g/mol. The lowest BCUT2D eigenvalue weighted by Crippen LogP contribution is -2.54. The summed E-state index contributed by atoms with van der Waals surface area (Å²) in [6.07, 6.45) is 5.17. The van der Waals surface area contributed by atoms with Crippen LogP contribution in [0.25, 0.3) is 0 Å². The van der Waals surface area contributed by atoms with Crippen LogP contribution in [-0.4, -0.2) is 57.8 Å². The minimum absolute atomic E-state index is 0.111. The SMILES string of the molecule is CC(C)N1CCC(CN)(N(C)Cc2cnn(C)c2)C1. The van der Waals surface area contributed by atoms with Crippen molar-refractivity contribution in [1.82, 2.24) is 19.6 Å². The molecule has 0 aliphatic carbocycles. The van der Waals surface area contributed by atoms with E-state index >= 15 is 0 Å². The maximum Gasteiger partial charge on any atom is 0.0534 e. The van der Waals surface area contributed by atoms with Gasteiger partial charge in [0.15, 0.2) is 0 Å². The molecule has 108 valence electrons. The molecule has 1 unspecified atom stereocenters. The van der Waals surface area contributed by atoms with Crippen LogP contribution in [0.15, 0.2) is 12.4 Å². The fraction of sp³-hybridized carbons (Fsp3) is 0.786. The molecular weight excluding hydrogens is 238 g/mol. The number of likely N-dealkylation sites (tertiary alicyclic amines) is 1. The second-order valence-corrected chi connectivity index (χ2v) is 6.12. The normalized spacial score (nSPS) is 24.8. The van der Waals surface area contributed by atoms with E-state index in [-0.39, 0.29) is 5.54 Å². The van der Waals surface area contributed by atoms with Crippen molar-refractivity contribution < 1.29 is 0 Å². The van der Waals surface area contributed by atoms with Crippen molar-refractivity contribution in [3.8, 4) is 0 Å². The van der Waals surface area contributed by atoms with E-state index in [9.17, 15) is 0 Å². The molecule has 19 heavy (non-hydrogen) atoms. The summed E-state index contributed by atoms with van der Waals surface area (Å²) in [5.41, 5.74) is 7.46. The van der Waals surface area contributed by atoms with Gasteiger partial charge in [0.2, 0.25) is 0 Å². The van der Waals surface area contributed by atoms with Crippen molar-refractivity contribution in [3.63, 3.8) is 0 Å². The molecule has 1 aliphatic rings. The minimum Gasteiger partial charge on any atom is -0.329 e. The Bertz CT molecular complexity index is 414. The van der Waals surface area contributed by atoms with Crippen molar-refractivity contribution in [1.29, 1.82) is 0 Å². The van der Waals surface area contributed by atoms with Crippen LogP contribution < -0.4 is 5.73 Å². The van der Waals surface area contributed by atoms with E-state index in [0.29, 0.717) is 12.6 Å². The molecule has 1 aliphatic heterocycles. The number of aryl methyl sites for hydroxylation is 1. The molecule has 0 bridgehead atoms.